The topological polar surface area (TPSA) is 85.9 Å². The van der Waals surface area contributed by atoms with Gasteiger partial charge in [0.15, 0.2) is 0 Å². The smallest absolute Gasteiger partial charge is 0.264 e. The van der Waals surface area contributed by atoms with Gasteiger partial charge >= 0.3 is 0 Å². The molecule has 0 saturated heterocycles. The summed E-state index contributed by atoms with van der Waals surface area (Å²) in [5, 5.41) is 0.925. The number of carbonyl (C=O) groups excluding carboxylic acids is 2. The van der Waals surface area contributed by atoms with E-state index in [2.05, 4.69) is 10.9 Å². The van der Waals surface area contributed by atoms with Crippen LogP contribution in [0.15, 0.2) is 48.5 Å². The maximum absolute atomic E-state index is 11.7. The van der Waals surface area contributed by atoms with E-state index >= 15 is 0 Å². The summed E-state index contributed by atoms with van der Waals surface area (Å²) in [7, 11) is 0. The van der Waals surface area contributed by atoms with E-state index in [4.69, 9.17) is 37.4 Å². The van der Waals surface area contributed by atoms with E-state index in [1.807, 2.05) is 30.3 Å². The SMILES string of the molecule is O=C(CCCOc1ccc(Cl)cc1Cl)NNC(=O)COCCOc1ccccc1. The van der Waals surface area contributed by atoms with Gasteiger partial charge in [0.2, 0.25) is 5.91 Å². The Hall–Kier alpha value is -2.48. The van der Waals surface area contributed by atoms with Crippen LogP contribution < -0.4 is 20.3 Å². The minimum absolute atomic E-state index is 0.178. The lowest BCUT2D eigenvalue weighted by atomic mass is 10.3. The Labute approximate surface area is 179 Å². The van der Waals surface area contributed by atoms with Crippen LogP contribution in [0.3, 0.4) is 0 Å². The molecule has 2 N–H and O–H groups in total. The van der Waals surface area contributed by atoms with Crippen LogP contribution in [0.2, 0.25) is 10.0 Å². The molecule has 156 valence electrons. The Kier molecular flexibility index (Phi) is 10.1. The van der Waals surface area contributed by atoms with E-state index in [1.165, 1.54) is 0 Å². The van der Waals surface area contributed by atoms with Crippen molar-refractivity contribution in [2.24, 2.45) is 0 Å². The van der Waals surface area contributed by atoms with Crippen LogP contribution in [0, 0.1) is 0 Å². The molecule has 29 heavy (non-hydrogen) atoms. The van der Waals surface area contributed by atoms with Crippen molar-refractivity contribution in [1.82, 2.24) is 10.9 Å². The Morgan fingerprint density at radius 2 is 1.62 bits per heavy atom. The number of benzene rings is 2. The maximum Gasteiger partial charge on any atom is 0.264 e. The molecule has 2 aromatic carbocycles. The number of para-hydroxylation sites is 1. The van der Waals surface area contributed by atoms with E-state index in [1.54, 1.807) is 18.2 Å². The molecule has 0 radical (unpaired) electrons. The predicted octanol–water partition coefficient (Wildman–Crippen LogP) is 3.40. The van der Waals surface area contributed by atoms with Gasteiger partial charge in [0.1, 0.15) is 24.7 Å². The van der Waals surface area contributed by atoms with Crippen molar-refractivity contribution in [3.63, 3.8) is 0 Å². The van der Waals surface area contributed by atoms with E-state index in [0.29, 0.717) is 35.4 Å². The van der Waals surface area contributed by atoms with Crippen LogP contribution in [0.5, 0.6) is 11.5 Å². The average molecular weight is 441 g/mol. The van der Waals surface area contributed by atoms with Crippen molar-refractivity contribution in [2.75, 3.05) is 26.4 Å². The van der Waals surface area contributed by atoms with Gasteiger partial charge in [0, 0.05) is 11.4 Å². The fraction of sp³-hybridized carbons (Fsp3) is 0.300. The minimum Gasteiger partial charge on any atom is -0.492 e. The molecular weight excluding hydrogens is 419 g/mol. The second kappa shape index (κ2) is 12.9. The van der Waals surface area contributed by atoms with Gasteiger partial charge in [-0.15, -0.1) is 0 Å². The molecule has 0 heterocycles. The normalized spacial score (nSPS) is 10.3. The molecule has 2 amide bonds. The summed E-state index contributed by atoms with van der Waals surface area (Å²) in [5.41, 5.74) is 4.60. The molecule has 0 spiro atoms. The number of carbonyl (C=O) groups is 2. The third kappa shape index (κ3) is 9.51. The van der Waals surface area contributed by atoms with E-state index in [-0.39, 0.29) is 25.5 Å². The van der Waals surface area contributed by atoms with Crippen LogP contribution in [-0.4, -0.2) is 38.2 Å². The Balaban J connectivity index is 1.48. The van der Waals surface area contributed by atoms with Crippen molar-refractivity contribution in [2.45, 2.75) is 12.8 Å². The highest BCUT2D eigenvalue weighted by Crippen LogP contribution is 2.27. The molecule has 2 aromatic rings. The van der Waals surface area contributed by atoms with Gasteiger partial charge in [-0.2, -0.15) is 0 Å². The molecule has 9 heteroatoms. The van der Waals surface area contributed by atoms with Gasteiger partial charge in [-0.1, -0.05) is 41.4 Å². The van der Waals surface area contributed by atoms with Crippen LogP contribution in [0.1, 0.15) is 12.8 Å². The predicted molar refractivity (Wildman–Crippen MR) is 110 cm³/mol. The van der Waals surface area contributed by atoms with Gasteiger partial charge in [-0.05, 0) is 36.8 Å². The monoisotopic (exact) mass is 440 g/mol. The number of halogens is 2. The number of ether oxygens (including phenoxy) is 3. The maximum atomic E-state index is 11.7. The molecular formula is C20H22Cl2N2O5. The molecule has 0 aliphatic carbocycles. The molecule has 0 bridgehead atoms. The van der Waals surface area contributed by atoms with Crippen LogP contribution in [-0.2, 0) is 14.3 Å². The molecule has 7 nitrogen and oxygen atoms in total. The summed E-state index contributed by atoms with van der Waals surface area (Å²) in [6.07, 6.45) is 0.630. The first kappa shape index (κ1) is 22.8. The zero-order valence-electron chi connectivity index (χ0n) is 15.7. The van der Waals surface area contributed by atoms with E-state index in [9.17, 15) is 9.59 Å². The molecule has 0 atom stereocenters. The standard InChI is InChI=1S/C20H22Cl2N2O5/c21-15-8-9-18(17(22)13-15)29-10-4-7-19(25)23-24-20(26)14-27-11-12-28-16-5-2-1-3-6-16/h1-3,5-6,8-9,13H,4,7,10-12,14H2,(H,23,25)(H,24,26). The molecule has 0 aliphatic rings. The second-order valence-electron chi connectivity index (χ2n) is 5.84. The Bertz CT molecular complexity index is 790. The third-order valence-corrected chi connectivity index (χ3v) is 4.04. The Morgan fingerprint density at radius 1 is 0.862 bits per heavy atom. The van der Waals surface area contributed by atoms with E-state index in [0.717, 1.165) is 5.75 Å². The molecule has 0 aromatic heterocycles. The number of nitrogens with one attached hydrogen (secondary N) is 2. The zero-order valence-corrected chi connectivity index (χ0v) is 17.2. The number of hydrazine groups is 1. The Morgan fingerprint density at radius 3 is 2.38 bits per heavy atom. The quantitative estimate of drug-likeness (QED) is 0.413. The molecule has 0 fully saturated rings. The van der Waals surface area contributed by atoms with Crippen LogP contribution >= 0.6 is 23.2 Å². The first-order valence-electron chi connectivity index (χ1n) is 8.95. The van der Waals surface area contributed by atoms with Gasteiger partial charge in [0.25, 0.3) is 5.91 Å². The summed E-state index contributed by atoms with van der Waals surface area (Å²) in [6, 6.07) is 14.2. The molecule has 0 aliphatic heterocycles. The number of rotatable bonds is 11. The van der Waals surface area contributed by atoms with Crippen molar-refractivity contribution >= 4 is 35.0 Å². The lowest BCUT2D eigenvalue weighted by Gasteiger charge is -2.10. The van der Waals surface area contributed by atoms with Crippen LogP contribution in [0.4, 0.5) is 0 Å². The first-order valence-corrected chi connectivity index (χ1v) is 9.71. The van der Waals surface area contributed by atoms with Gasteiger partial charge < -0.3 is 14.2 Å². The van der Waals surface area contributed by atoms with Gasteiger partial charge in [-0.3, -0.25) is 20.4 Å². The van der Waals surface area contributed by atoms with Crippen molar-refractivity contribution in [3.05, 3.63) is 58.6 Å². The van der Waals surface area contributed by atoms with Crippen molar-refractivity contribution in [1.29, 1.82) is 0 Å². The fourth-order valence-electron chi connectivity index (χ4n) is 2.15. The summed E-state index contributed by atoms with van der Waals surface area (Å²) < 4.78 is 16.1. The molecule has 0 unspecified atom stereocenters. The highest BCUT2D eigenvalue weighted by Gasteiger charge is 2.06. The summed E-state index contributed by atoms with van der Waals surface area (Å²) >= 11 is 11.8. The highest BCUT2D eigenvalue weighted by molar-refractivity contribution is 6.35. The lowest BCUT2D eigenvalue weighted by molar-refractivity contribution is -0.131. The minimum atomic E-state index is -0.456. The zero-order chi connectivity index (χ0) is 20.9. The van der Waals surface area contributed by atoms with Crippen molar-refractivity contribution < 1.29 is 23.8 Å². The van der Waals surface area contributed by atoms with Gasteiger partial charge in [0.05, 0.1) is 18.2 Å². The highest BCUT2D eigenvalue weighted by atomic mass is 35.5. The molecule has 0 saturated carbocycles. The van der Waals surface area contributed by atoms with E-state index < -0.39 is 5.91 Å². The number of hydrogen-bond acceptors (Lipinski definition) is 5. The van der Waals surface area contributed by atoms with Crippen molar-refractivity contribution in [3.8, 4) is 11.5 Å². The molecule has 2 rings (SSSR count). The fourth-order valence-corrected chi connectivity index (χ4v) is 2.61. The second-order valence-corrected chi connectivity index (χ2v) is 6.68. The summed E-state index contributed by atoms with van der Waals surface area (Å²) in [4.78, 5) is 23.3. The van der Waals surface area contributed by atoms with Gasteiger partial charge in [-0.25, -0.2) is 0 Å². The first-order chi connectivity index (χ1) is 14.0. The van der Waals surface area contributed by atoms with Crippen LogP contribution in [0.25, 0.3) is 0 Å². The average Bonchev–Trinajstić information content (AvgIpc) is 2.71. The number of hydrogen-bond donors (Lipinski definition) is 2. The third-order valence-electron chi connectivity index (χ3n) is 3.51. The summed E-state index contributed by atoms with van der Waals surface area (Å²) in [6.45, 7) is 0.687. The lowest BCUT2D eigenvalue weighted by Crippen LogP contribution is -2.43. The number of amides is 2. The summed E-state index contributed by atoms with van der Waals surface area (Å²) in [5.74, 6) is 0.437. The largest absolute Gasteiger partial charge is 0.492 e.